The van der Waals surface area contributed by atoms with Gasteiger partial charge in [0.15, 0.2) is 0 Å². The Morgan fingerprint density at radius 1 is 1.41 bits per heavy atom. The summed E-state index contributed by atoms with van der Waals surface area (Å²) >= 11 is 0. The molecule has 0 aliphatic carbocycles. The van der Waals surface area contributed by atoms with Crippen LogP contribution in [-0.4, -0.2) is 25.7 Å². The van der Waals surface area contributed by atoms with Crippen LogP contribution in [0.5, 0.6) is 0 Å². The van der Waals surface area contributed by atoms with Gasteiger partial charge in [0.05, 0.1) is 6.61 Å². The van der Waals surface area contributed by atoms with Gasteiger partial charge in [0.25, 0.3) is 0 Å². The zero-order chi connectivity index (χ0) is 12.5. The molecule has 3 heteroatoms. The average molecular weight is 233 g/mol. The van der Waals surface area contributed by atoms with Crippen molar-refractivity contribution in [3.8, 4) is 0 Å². The lowest BCUT2D eigenvalue weighted by Crippen LogP contribution is -2.33. The number of hydrogen-bond donors (Lipinski definition) is 1. The van der Waals surface area contributed by atoms with Crippen molar-refractivity contribution < 1.29 is 9.53 Å². The van der Waals surface area contributed by atoms with Crippen molar-refractivity contribution in [2.24, 2.45) is 0 Å². The number of carbonyl (C=O) groups is 1. The molecule has 0 saturated carbocycles. The second-order valence-corrected chi connectivity index (χ2v) is 3.64. The van der Waals surface area contributed by atoms with Crippen molar-refractivity contribution in [2.75, 3.05) is 13.7 Å². The lowest BCUT2D eigenvalue weighted by Gasteiger charge is -2.09. The summed E-state index contributed by atoms with van der Waals surface area (Å²) in [4.78, 5) is 11.5. The second-order valence-electron chi connectivity index (χ2n) is 3.64. The predicted molar refractivity (Wildman–Crippen MR) is 68.8 cm³/mol. The summed E-state index contributed by atoms with van der Waals surface area (Å²) in [7, 11) is 1.74. The highest BCUT2D eigenvalue weighted by molar-refractivity contribution is 5.77. The van der Waals surface area contributed by atoms with Crippen molar-refractivity contribution in [3.05, 3.63) is 48.0 Å². The van der Waals surface area contributed by atoms with Crippen LogP contribution in [0.4, 0.5) is 0 Å². The number of allylic oxidation sites excluding steroid dienone is 1. The first-order valence-electron chi connectivity index (χ1n) is 5.82. The van der Waals surface area contributed by atoms with E-state index in [4.69, 9.17) is 4.74 Å². The summed E-state index contributed by atoms with van der Waals surface area (Å²) in [5.74, 6) is -0.237. The van der Waals surface area contributed by atoms with Crippen molar-refractivity contribution in [2.45, 2.75) is 19.4 Å². The molecule has 92 valence electrons. The molecule has 0 spiro atoms. The molecule has 0 amide bonds. The molecule has 0 aromatic heterocycles. The molecule has 1 rings (SSSR count). The molecule has 0 radical (unpaired) electrons. The maximum Gasteiger partial charge on any atom is 0.327 e. The summed E-state index contributed by atoms with van der Waals surface area (Å²) in [5, 5.41) is 2.91. The molecule has 17 heavy (non-hydrogen) atoms. The van der Waals surface area contributed by atoms with Gasteiger partial charge in [0.2, 0.25) is 0 Å². The fourth-order valence-corrected chi connectivity index (χ4v) is 1.48. The zero-order valence-electron chi connectivity index (χ0n) is 10.3. The molecule has 1 atom stereocenters. The molecule has 0 saturated heterocycles. The average Bonchev–Trinajstić information content (AvgIpc) is 2.36. The number of nitrogens with one attached hydrogen (secondary N) is 1. The summed E-state index contributed by atoms with van der Waals surface area (Å²) in [6.07, 6.45) is 4.64. The molecular formula is C14H19NO2. The van der Waals surface area contributed by atoms with Crippen LogP contribution < -0.4 is 5.32 Å². The maximum atomic E-state index is 11.5. The van der Waals surface area contributed by atoms with Gasteiger partial charge < -0.3 is 10.1 Å². The topological polar surface area (TPSA) is 38.3 Å². The van der Waals surface area contributed by atoms with Crippen molar-refractivity contribution in [1.82, 2.24) is 5.32 Å². The first-order chi connectivity index (χ1) is 8.27. The van der Waals surface area contributed by atoms with E-state index in [9.17, 15) is 4.79 Å². The quantitative estimate of drug-likeness (QED) is 0.603. The number of likely N-dealkylation sites (N-methyl/N-ethyl adjacent to an activating group) is 1. The minimum atomic E-state index is -0.362. The lowest BCUT2D eigenvalue weighted by atomic mass is 10.1. The van der Waals surface area contributed by atoms with Gasteiger partial charge in [0.1, 0.15) is 6.04 Å². The molecular weight excluding hydrogens is 214 g/mol. The number of ether oxygens (including phenoxy) is 1. The van der Waals surface area contributed by atoms with Crippen molar-refractivity contribution in [1.29, 1.82) is 0 Å². The zero-order valence-corrected chi connectivity index (χ0v) is 10.3. The first kappa shape index (κ1) is 13.5. The minimum Gasteiger partial charge on any atom is -0.465 e. The molecule has 1 N–H and O–H groups in total. The predicted octanol–water partition coefficient (Wildman–Crippen LogP) is 1.94. The Hall–Kier alpha value is -1.61. The fraction of sp³-hybridized carbons (Fsp3) is 0.357. The van der Waals surface area contributed by atoms with E-state index in [1.807, 2.05) is 30.4 Å². The van der Waals surface area contributed by atoms with Crippen molar-refractivity contribution >= 4 is 5.97 Å². The highest BCUT2D eigenvalue weighted by atomic mass is 16.5. The lowest BCUT2D eigenvalue weighted by molar-refractivity contribution is -0.144. The highest BCUT2D eigenvalue weighted by Crippen LogP contribution is 2.01. The van der Waals surface area contributed by atoms with Gasteiger partial charge in [-0.3, -0.25) is 4.79 Å². The van der Waals surface area contributed by atoms with Gasteiger partial charge in [0, 0.05) is 0 Å². The van der Waals surface area contributed by atoms with E-state index >= 15 is 0 Å². The number of rotatable bonds is 6. The summed E-state index contributed by atoms with van der Waals surface area (Å²) in [6.45, 7) is 2.21. The smallest absolute Gasteiger partial charge is 0.327 e. The largest absolute Gasteiger partial charge is 0.465 e. The fourth-order valence-electron chi connectivity index (χ4n) is 1.48. The highest BCUT2D eigenvalue weighted by Gasteiger charge is 2.12. The molecule has 0 heterocycles. The van der Waals surface area contributed by atoms with Gasteiger partial charge in [-0.2, -0.15) is 0 Å². The molecule has 1 aromatic carbocycles. The molecule has 0 aliphatic heterocycles. The maximum absolute atomic E-state index is 11.5. The Kier molecular flexibility index (Phi) is 6.04. The van der Waals surface area contributed by atoms with Gasteiger partial charge in [-0.25, -0.2) is 0 Å². The van der Waals surface area contributed by atoms with E-state index in [1.165, 1.54) is 5.56 Å². The van der Waals surface area contributed by atoms with Crippen LogP contribution in [-0.2, 0) is 16.0 Å². The monoisotopic (exact) mass is 233 g/mol. The Bertz CT molecular complexity index is 360. The molecule has 0 bridgehead atoms. The van der Waals surface area contributed by atoms with E-state index < -0.39 is 0 Å². The molecule has 0 aliphatic rings. The van der Waals surface area contributed by atoms with Gasteiger partial charge in [-0.05, 0) is 26.0 Å². The van der Waals surface area contributed by atoms with Crippen LogP contribution in [0.2, 0.25) is 0 Å². The number of esters is 1. The number of benzene rings is 1. The molecule has 0 fully saturated rings. The van der Waals surface area contributed by atoms with E-state index in [2.05, 4.69) is 17.4 Å². The second kappa shape index (κ2) is 7.63. The minimum absolute atomic E-state index is 0.237. The van der Waals surface area contributed by atoms with E-state index in [0.29, 0.717) is 6.61 Å². The van der Waals surface area contributed by atoms with E-state index in [0.717, 1.165) is 6.42 Å². The van der Waals surface area contributed by atoms with Crippen LogP contribution in [0, 0.1) is 0 Å². The normalized spacial score (nSPS) is 12.6. The van der Waals surface area contributed by atoms with Crippen LogP contribution >= 0.6 is 0 Å². The molecule has 0 unspecified atom stereocenters. The number of carbonyl (C=O) groups excluding carboxylic acids is 1. The standard InChI is InChI=1S/C14H19NO2/c1-3-17-14(16)13(15-2)11-7-10-12-8-5-4-6-9-12/h4-9,11,13,15H,3,10H2,1-2H3/b11-7-/t13-/m0/s1. The Morgan fingerprint density at radius 2 is 2.12 bits per heavy atom. The van der Waals surface area contributed by atoms with E-state index in [-0.39, 0.29) is 12.0 Å². The van der Waals surface area contributed by atoms with Crippen LogP contribution in [0.15, 0.2) is 42.5 Å². The molecule has 3 nitrogen and oxygen atoms in total. The Morgan fingerprint density at radius 3 is 2.71 bits per heavy atom. The SMILES string of the molecule is CCOC(=O)[C@H](/C=C\Cc1ccccc1)NC. The van der Waals surface area contributed by atoms with Gasteiger partial charge in [-0.15, -0.1) is 0 Å². The van der Waals surface area contributed by atoms with E-state index in [1.54, 1.807) is 14.0 Å². The summed E-state index contributed by atoms with van der Waals surface area (Å²) in [5.41, 5.74) is 1.22. The van der Waals surface area contributed by atoms with Gasteiger partial charge in [-0.1, -0.05) is 42.5 Å². The van der Waals surface area contributed by atoms with Crippen LogP contribution in [0.1, 0.15) is 12.5 Å². The van der Waals surface area contributed by atoms with Crippen LogP contribution in [0.3, 0.4) is 0 Å². The third kappa shape index (κ3) is 4.83. The van der Waals surface area contributed by atoms with Crippen LogP contribution in [0.25, 0.3) is 0 Å². The third-order valence-corrected chi connectivity index (χ3v) is 2.38. The first-order valence-corrected chi connectivity index (χ1v) is 5.82. The van der Waals surface area contributed by atoms with Gasteiger partial charge >= 0.3 is 5.97 Å². The third-order valence-electron chi connectivity index (χ3n) is 2.38. The summed E-state index contributed by atoms with van der Waals surface area (Å²) < 4.78 is 4.94. The Labute approximate surface area is 102 Å². The molecule has 1 aromatic rings. The number of hydrogen-bond acceptors (Lipinski definition) is 3. The summed E-state index contributed by atoms with van der Waals surface area (Å²) in [6, 6.07) is 9.75. The Balaban J connectivity index is 2.48. The van der Waals surface area contributed by atoms with Crippen molar-refractivity contribution in [3.63, 3.8) is 0 Å².